The summed E-state index contributed by atoms with van der Waals surface area (Å²) in [5, 5.41) is 3.60. The van der Waals surface area contributed by atoms with E-state index >= 15 is 0 Å². The molecule has 0 radical (unpaired) electrons. The van der Waals surface area contributed by atoms with Crippen LogP contribution in [-0.2, 0) is 0 Å². The number of hydrogen-bond donors (Lipinski definition) is 1. The van der Waals surface area contributed by atoms with Crippen LogP contribution in [0.1, 0.15) is 0 Å². The summed E-state index contributed by atoms with van der Waals surface area (Å²) in [5.74, 6) is 0. The Kier molecular flexibility index (Phi) is 10.8. The Morgan fingerprint density at radius 3 is 0.984 bits per heavy atom. The van der Waals surface area contributed by atoms with Crippen LogP contribution in [0.4, 0.5) is 28.4 Å². The van der Waals surface area contributed by atoms with Crippen molar-refractivity contribution in [1.29, 1.82) is 0 Å². The maximum Gasteiger partial charge on any atom is 0.0468 e. The second-order valence-electron chi connectivity index (χ2n) is 15.5. The van der Waals surface area contributed by atoms with Crippen molar-refractivity contribution in [3.63, 3.8) is 0 Å². The molecule has 0 aliphatic heterocycles. The van der Waals surface area contributed by atoms with Crippen LogP contribution in [0, 0.1) is 0 Å². The highest BCUT2D eigenvalue weighted by molar-refractivity contribution is 5.89. The molecule has 0 fully saturated rings. The first-order valence-corrected chi connectivity index (χ1v) is 21.2. The van der Waals surface area contributed by atoms with Gasteiger partial charge in [0.2, 0.25) is 0 Å². The summed E-state index contributed by atoms with van der Waals surface area (Å²) in [5.41, 5.74) is 19.7. The molecule has 0 aromatic heterocycles. The van der Waals surface area contributed by atoms with Crippen LogP contribution in [0.3, 0.4) is 0 Å². The fraction of sp³-hybridized carbons (Fsp3) is 0. The Hall–Kier alpha value is -8.20. The minimum absolute atomic E-state index is 1.04. The highest BCUT2D eigenvalue weighted by Gasteiger charge is 2.17. The number of benzene rings is 10. The van der Waals surface area contributed by atoms with Crippen LogP contribution in [0.15, 0.2) is 261 Å². The van der Waals surface area contributed by atoms with Crippen LogP contribution in [0.5, 0.6) is 0 Å². The van der Waals surface area contributed by atoms with Crippen molar-refractivity contribution in [3.05, 3.63) is 261 Å². The van der Waals surface area contributed by atoms with E-state index in [1.165, 1.54) is 55.6 Å². The van der Waals surface area contributed by atoms with Gasteiger partial charge < -0.3 is 10.2 Å². The highest BCUT2D eigenvalue weighted by atomic mass is 15.1. The number of anilines is 5. The van der Waals surface area contributed by atoms with Crippen LogP contribution in [0.2, 0.25) is 0 Å². The van der Waals surface area contributed by atoms with Gasteiger partial charge in [-0.25, -0.2) is 0 Å². The van der Waals surface area contributed by atoms with Crippen molar-refractivity contribution in [2.24, 2.45) is 0 Å². The third-order valence-electron chi connectivity index (χ3n) is 11.5. The van der Waals surface area contributed by atoms with Crippen LogP contribution in [-0.4, -0.2) is 0 Å². The molecular formula is C60H44N2. The zero-order chi connectivity index (χ0) is 41.5. The van der Waals surface area contributed by atoms with E-state index in [1.54, 1.807) is 0 Å². The van der Waals surface area contributed by atoms with E-state index in [1.807, 2.05) is 0 Å². The maximum absolute atomic E-state index is 3.60. The van der Waals surface area contributed by atoms with Gasteiger partial charge in [0.25, 0.3) is 0 Å². The van der Waals surface area contributed by atoms with Gasteiger partial charge in [-0.15, -0.1) is 0 Å². The molecular weight excluding hydrogens is 749 g/mol. The lowest BCUT2D eigenvalue weighted by Crippen LogP contribution is -2.10. The van der Waals surface area contributed by atoms with Gasteiger partial charge in [0.1, 0.15) is 0 Å². The summed E-state index contributed by atoms with van der Waals surface area (Å²) < 4.78 is 0. The number of nitrogens with zero attached hydrogens (tertiary/aromatic N) is 1. The van der Waals surface area contributed by atoms with Crippen LogP contribution in [0.25, 0.3) is 66.8 Å². The van der Waals surface area contributed by atoms with Gasteiger partial charge in [-0.3, -0.25) is 0 Å². The van der Waals surface area contributed by atoms with E-state index < -0.39 is 0 Å². The van der Waals surface area contributed by atoms with Gasteiger partial charge in [-0.2, -0.15) is 0 Å². The molecule has 0 unspecified atom stereocenters. The number of rotatable bonds is 11. The molecule has 10 aromatic carbocycles. The largest absolute Gasteiger partial charge is 0.356 e. The van der Waals surface area contributed by atoms with Gasteiger partial charge in [0, 0.05) is 28.4 Å². The van der Waals surface area contributed by atoms with E-state index in [2.05, 4.69) is 271 Å². The molecule has 0 aliphatic rings. The third kappa shape index (κ3) is 8.31. The Bertz CT molecular complexity index is 3020. The van der Waals surface area contributed by atoms with Crippen molar-refractivity contribution in [2.45, 2.75) is 0 Å². The van der Waals surface area contributed by atoms with Crippen molar-refractivity contribution in [3.8, 4) is 66.8 Å². The summed E-state index contributed by atoms with van der Waals surface area (Å²) in [4.78, 5) is 2.36. The predicted octanol–water partition coefficient (Wildman–Crippen LogP) is 16.9. The number of nitrogens with one attached hydrogen (secondary N) is 1. The number of hydrogen-bond acceptors (Lipinski definition) is 2. The lowest BCUT2D eigenvalue weighted by Gasteiger charge is -2.27. The van der Waals surface area contributed by atoms with Crippen molar-refractivity contribution < 1.29 is 0 Å². The SMILES string of the molecule is c1ccc(-c2ccc(N(c3ccc(-c4ccc(Nc5ccc(-c6cccc(-c7ccccc7)c6)cc5)cc4)cc3)c3ccc(-c4ccccc4)c(-c4ccccc4)c3)cc2)cc1. The molecule has 10 aromatic rings. The molecule has 0 saturated heterocycles. The summed E-state index contributed by atoms with van der Waals surface area (Å²) in [6.45, 7) is 0. The molecule has 0 saturated carbocycles. The molecule has 1 N–H and O–H groups in total. The standard InChI is InChI=1S/C60H44N2/c1-5-14-44(15-6-1)47-28-36-56(37-29-47)62(58-40-41-59(50-18-9-3-10-19-50)60(43-58)51-20-11-4-12-21-51)57-38-30-48(31-39-57)46-24-32-54(33-25-46)61-55-34-26-49(27-35-55)53-23-13-22-52(42-53)45-16-7-2-8-17-45/h1-43,61H. The molecule has 2 nitrogen and oxygen atoms in total. The Balaban J connectivity index is 0.920. The maximum atomic E-state index is 3.60. The predicted molar refractivity (Wildman–Crippen MR) is 263 cm³/mol. The summed E-state index contributed by atoms with van der Waals surface area (Å²) in [6.07, 6.45) is 0. The zero-order valence-corrected chi connectivity index (χ0v) is 34.3. The minimum atomic E-state index is 1.04. The molecule has 0 spiro atoms. The molecule has 0 heterocycles. The van der Waals surface area contributed by atoms with Gasteiger partial charge in [-0.1, -0.05) is 194 Å². The van der Waals surface area contributed by atoms with Crippen molar-refractivity contribution in [2.75, 3.05) is 10.2 Å². The summed E-state index contributed by atoms with van der Waals surface area (Å²) in [6, 6.07) is 93.2. The zero-order valence-electron chi connectivity index (χ0n) is 34.3. The Morgan fingerprint density at radius 1 is 0.210 bits per heavy atom. The first-order valence-electron chi connectivity index (χ1n) is 21.2. The molecule has 62 heavy (non-hydrogen) atoms. The van der Waals surface area contributed by atoms with Crippen molar-refractivity contribution >= 4 is 28.4 Å². The quantitative estimate of drug-likeness (QED) is 0.140. The molecule has 0 amide bonds. The fourth-order valence-electron chi connectivity index (χ4n) is 8.25. The summed E-state index contributed by atoms with van der Waals surface area (Å²) >= 11 is 0. The average molecular weight is 793 g/mol. The van der Waals surface area contributed by atoms with Gasteiger partial charge in [0.15, 0.2) is 0 Å². The van der Waals surface area contributed by atoms with Crippen LogP contribution >= 0.6 is 0 Å². The van der Waals surface area contributed by atoms with E-state index in [4.69, 9.17) is 0 Å². The van der Waals surface area contributed by atoms with E-state index in [0.29, 0.717) is 0 Å². The highest BCUT2D eigenvalue weighted by Crippen LogP contribution is 2.42. The topological polar surface area (TPSA) is 15.3 Å². The third-order valence-corrected chi connectivity index (χ3v) is 11.5. The van der Waals surface area contributed by atoms with E-state index in [0.717, 1.165) is 39.6 Å². The van der Waals surface area contributed by atoms with E-state index in [-0.39, 0.29) is 0 Å². The van der Waals surface area contributed by atoms with Gasteiger partial charge in [0.05, 0.1) is 0 Å². The molecule has 294 valence electrons. The lowest BCUT2D eigenvalue weighted by atomic mass is 9.93. The smallest absolute Gasteiger partial charge is 0.0468 e. The second-order valence-corrected chi connectivity index (χ2v) is 15.5. The van der Waals surface area contributed by atoms with Gasteiger partial charge in [-0.05, 0) is 133 Å². The first kappa shape index (κ1) is 38.0. The minimum Gasteiger partial charge on any atom is -0.356 e. The van der Waals surface area contributed by atoms with Crippen molar-refractivity contribution in [1.82, 2.24) is 0 Å². The Labute approximate surface area is 364 Å². The second kappa shape index (κ2) is 17.6. The Morgan fingerprint density at radius 2 is 0.532 bits per heavy atom. The fourth-order valence-corrected chi connectivity index (χ4v) is 8.25. The van der Waals surface area contributed by atoms with E-state index in [9.17, 15) is 0 Å². The van der Waals surface area contributed by atoms with Crippen LogP contribution < -0.4 is 10.2 Å². The monoisotopic (exact) mass is 792 g/mol. The molecule has 0 aliphatic carbocycles. The molecule has 0 bridgehead atoms. The normalized spacial score (nSPS) is 10.9. The average Bonchev–Trinajstić information content (AvgIpc) is 3.36. The summed E-state index contributed by atoms with van der Waals surface area (Å²) in [7, 11) is 0. The molecule has 0 atom stereocenters. The lowest BCUT2D eigenvalue weighted by molar-refractivity contribution is 1.28. The first-order chi connectivity index (χ1) is 30.7. The van der Waals surface area contributed by atoms with Gasteiger partial charge >= 0.3 is 0 Å². The molecule has 2 heteroatoms. The molecule has 10 rings (SSSR count).